The van der Waals surface area contributed by atoms with E-state index in [0.29, 0.717) is 21.7 Å². The van der Waals surface area contributed by atoms with Crippen LogP contribution in [-0.4, -0.2) is 20.7 Å². The lowest BCUT2D eigenvalue weighted by molar-refractivity contribution is 0.100. The molecule has 106 valence electrons. The van der Waals surface area contributed by atoms with Crippen molar-refractivity contribution in [3.05, 3.63) is 51.8 Å². The van der Waals surface area contributed by atoms with Gasteiger partial charge in [-0.2, -0.15) is 5.10 Å². The van der Waals surface area contributed by atoms with Crippen LogP contribution >= 0.6 is 23.2 Å². The molecule has 3 rings (SSSR count). The Balaban J connectivity index is 2.30. The van der Waals surface area contributed by atoms with E-state index in [-0.39, 0.29) is 10.6 Å². The zero-order chi connectivity index (χ0) is 15.1. The van der Waals surface area contributed by atoms with Gasteiger partial charge in [0, 0.05) is 11.2 Å². The molecule has 2 N–H and O–H groups in total. The summed E-state index contributed by atoms with van der Waals surface area (Å²) in [6.07, 6.45) is 1.36. The lowest BCUT2D eigenvalue weighted by Crippen LogP contribution is -2.12. The monoisotopic (exact) mass is 320 g/mol. The molecule has 0 fully saturated rings. The Kier molecular flexibility index (Phi) is 3.31. The third kappa shape index (κ3) is 2.24. The number of aryl methyl sites for hydroxylation is 1. The number of nitrogens with two attached hydrogens (primary N) is 1. The van der Waals surface area contributed by atoms with Crippen molar-refractivity contribution in [2.75, 3.05) is 0 Å². The van der Waals surface area contributed by atoms with Crippen LogP contribution in [0.2, 0.25) is 10.0 Å². The summed E-state index contributed by atoms with van der Waals surface area (Å²) in [6, 6.07) is 7.18. The van der Waals surface area contributed by atoms with E-state index in [2.05, 4.69) is 10.1 Å². The number of carbonyl (C=O) groups is 1. The molecule has 0 radical (unpaired) electrons. The number of hydrogen-bond acceptors (Lipinski definition) is 3. The summed E-state index contributed by atoms with van der Waals surface area (Å²) in [4.78, 5) is 15.6. The highest BCUT2D eigenvalue weighted by atomic mass is 35.5. The minimum absolute atomic E-state index is 0.183. The van der Waals surface area contributed by atoms with Gasteiger partial charge in [-0.15, -0.1) is 0 Å². The molecule has 0 unspecified atom stereocenters. The van der Waals surface area contributed by atoms with Crippen LogP contribution in [0.3, 0.4) is 0 Å². The molecule has 0 aliphatic rings. The fourth-order valence-electron chi connectivity index (χ4n) is 2.14. The maximum Gasteiger partial charge on any atom is 0.251 e. The van der Waals surface area contributed by atoms with Gasteiger partial charge in [-0.25, -0.2) is 9.67 Å². The summed E-state index contributed by atoms with van der Waals surface area (Å²) >= 11 is 12.1. The van der Waals surface area contributed by atoms with Crippen molar-refractivity contribution in [3.8, 4) is 5.69 Å². The van der Waals surface area contributed by atoms with E-state index in [0.717, 1.165) is 5.69 Å². The van der Waals surface area contributed by atoms with Gasteiger partial charge in [0.1, 0.15) is 0 Å². The molecule has 0 saturated carbocycles. The summed E-state index contributed by atoms with van der Waals surface area (Å²) in [5, 5.41) is 5.94. The predicted molar refractivity (Wildman–Crippen MR) is 82.1 cm³/mol. The molecule has 21 heavy (non-hydrogen) atoms. The van der Waals surface area contributed by atoms with Gasteiger partial charge in [-0.05, 0) is 31.2 Å². The van der Waals surface area contributed by atoms with Crippen molar-refractivity contribution in [2.24, 2.45) is 5.73 Å². The fourth-order valence-corrected chi connectivity index (χ4v) is 2.63. The zero-order valence-corrected chi connectivity index (χ0v) is 12.5. The normalized spacial score (nSPS) is 11.0. The highest BCUT2D eigenvalue weighted by molar-refractivity contribution is 6.38. The van der Waals surface area contributed by atoms with Gasteiger partial charge in [0.15, 0.2) is 5.65 Å². The van der Waals surface area contributed by atoms with Gasteiger partial charge in [-0.1, -0.05) is 23.2 Å². The first-order valence-corrected chi connectivity index (χ1v) is 6.84. The maximum atomic E-state index is 11.3. The first kappa shape index (κ1) is 13.9. The van der Waals surface area contributed by atoms with Crippen molar-refractivity contribution < 1.29 is 4.79 Å². The van der Waals surface area contributed by atoms with Crippen molar-refractivity contribution in [1.82, 2.24) is 14.8 Å². The summed E-state index contributed by atoms with van der Waals surface area (Å²) in [7, 11) is 0. The lowest BCUT2D eigenvalue weighted by atomic mass is 10.2. The standard InChI is InChI=1S/C14H10Cl2N4O/c1-7-11-12(16)10(13(17)21)6-18-14(11)20(19-7)9-4-2-8(15)3-5-9/h2-6H,1H3,(H2,17,21). The smallest absolute Gasteiger partial charge is 0.251 e. The Labute approximate surface area is 130 Å². The van der Waals surface area contributed by atoms with E-state index >= 15 is 0 Å². The molecule has 1 amide bonds. The molecule has 1 aromatic carbocycles. The number of halogens is 2. The van der Waals surface area contributed by atoms with Crippen LogP contribution in [0, 0.1) is 6.92 Å². The molecular weight excluding hydrogens is 311 g/mol. The number of primary amides is 1. The predicted octanol–water partition coefficient (Wildman–Crippen LogP) is 3.13. The molecule has 3 aromatic rings. The van der Waals surface area contributed by atoms with Gasteiger partial charge in [0.25, 0.3) is 5.91 Å². The van der Waals surface area contributed by atoms with Gasteiger partial charge < -0.3 is 5.73 Å². The SMILES string of the molecule is Cc1nn(-c2ccc(Cl)cc2)c2ncc(C(N)=O)c(Cl)c12. The average molecular weight is 321 g/mol. The molecule has 0 saturated heterocycles. The van der Waals surface area contributed by atoms with Crippen molar-refractivity contribution in [1.29, 1.82) is 0 Å². The third-order valence-electron chi connectivity index (χ3n) is 3.14. The topological polar surface area (TPSA) is 73.8 Å². The minimum Gasteiger partial charge on any atom is -0.366 e. The molecule has 0 aliphatic carbocycles. The fraction of sp³-hybridized carbons (Fsp3) is 0.0714. The number of carbonyl (C=O) groups excluding carboxylic acids is 1. The Morgan fingerprint density at radius 1 is 1.24 bits per heavy atom. The molecular formula is C14H10Cl2N4O. The summed E-state index contributed by atoms with van der Waals surface area (Å²) in [5.74, 6) is -0.618. The van der Waals surface area contributed by atoms with Gasteiger partial charge in [-0.3, -0.25) is 4.79 Å². The molecule has 0 spiro atoms. The zero-order valence-electron chi connectivity index (χ0n) is 11.0. The number of aromatic nitrogens is 3. The summed E-state index contributed by atoms with van der Waals surface area (Å²) in [6.45, 7) is 1.80. The van der Waals surface area contributed by atoms with E-state index in [4.69, 9.17) is 28.9 Å². The number of hydrogen-bond donors (Lipinski definition) is 1. The number of pyridine rings is 1. The maximum absolute atomic E-state index is 11.3. The van der Waals surface area contributed by atoms with Gasteiger partial charge in [0.2, 0.25) is 0 Å². The van der Waals surface area contributed by atoms with Crippen LogP contribution in [0.25, 0.3) is 16.7 Å². The van der Waals surface area contributed by atoms with Crippen molar-refractivity contribution >= 4 is 40.1 Å². The Morgan fingerprint density at radius 2 is 1.90 bits per heavy atom. The molecule has 2 heterocycles. The summed E-state index contributed by atoms with van der Waals surface area (Å²) in [5.41, 5.74) is 7.49. The van der Waals surface area contributed by atoms with Crippen LogP contribution in [0.5, 0.6) is 0 Å². The van der Waals surface area contributed by atoms with E-state index in [1.807, 2.05) is 12.1 Å². The highest BCUT2D eigenvalue weighted by Crippen LogP contribution is 2.29. The quantitative estimate of drug-likeness (QED) is 0.788. The Morgan fingerprint density at radius 3 is 2.52 bits per heavy atom. The van der Waals surface area contributed by atoms with E-state index < -0.39 is 5.91 Å². The van der Waals surface area contributed by atoms with Crippen LogP contribution in [0.4, 0.5) is 0 Å². The molecule has 0 aliphatic heterocycles. The second kappa shape index (κ2) is 5.02. The summed E-state index contributed by atoms with van der Waals surface area (Å²) < 4.78 is 1.65. The number of rotatable bonds is 2. The molecule has 2 aromatic heterocycles. The van der Waals surface area contributed by atoms with Crippen LogP contribution in [0.15, 0.2) is 30.5 Å². The highest BCUT2D eigenvalue weighted by Gasteiger charge is 2.18. The molecule has 0 bridgehead atoms. The van der Waals surface area contributed by atoms with Crippen molar-refractivity contribution in [3.63, 3.8) is 0 Å². The van der Waals surface area contributed by atoms with Crippen LogP contribution in [0.1, 0.15) is 16.1 Å². The first-order chi connectivity index (χ1) is 9.99. The number of benzene rings is 1. The Hall–Kier alpha value is -2.11. The minimum atomic E-state index is -0.618. The number of fused-ring (bicyclic) bond motifs is 1. The molecule has 7 heteroatoms. The van der Waals surface area contributed by atoms with E-state index in [1.165, 1.54) is 6.20 Å². The second-order valence-electron chi connectivity index (χ2n) is 4.52. The molecule has 5 nitrogen and oxygen atoms in total. The van der Waals surface area contributed by atoms with Gasteiger partial charge >= 0.3 is 0 Å². The van der Waals surface area contributed by atoms with Gasteiger partial charge in [0.05, 0.1) is 27.4 Å². The van der Waals surface area contributed by atoms with Crippen molar-refractivity contribution in [2.45, 2.75) is 6.92 Å². The second-order valence-corrected chi connectivity index (χ2v) is 5.34. The number of amides is 1. The molecule has 0 atom stereocenters. The first-order valence-electron chi connectivity index (χ1n) is 6.08. The number of nitrogens with zero attached hydrogens (tertiary/aromatic N) is 3. The van der Waals surface area contributed by atoms with Crippen LogP contribution < -0.4 is 5.73 Å². The third-order valence-corrected chi connectivity index (χ3v) is 3.79. The van der Waals surface area contributed by atoms with E-state index in [1.54, 1.807) is 23.7 Å². The average Bonchev–Trinajstić information content (AvgIpc) is 2.78. The lowest BCUT2D eigenvalue weighted by Gasteiger charge is -2.04. The van der Waals surface area contributed by atoms with Crippen LogP contribution in [-0.2, 0) is 0 Å². The van der Waals surface area contributed by atoms with E-state index in [9.17, 15) is 4.79 Å². The largest absolute Gasteiger partial charge is 0.366 e. The Bertz CT molecular complexity index is 856.